The van der Waals surface area contributed by atoms with E-state index in [2.05, 4.69) is 0 Å². The van der Waals surface area contributed by atoms with Gasteiger partial charge < -0.3 is 0 Å². The summed E-state index contributed by atoms with van der Waals surface area (Å²) in [5.74, 6) is 0.144. The first kappa shape index (κ1) is 6.56. The second-order valence-electron chi connectivity index (χ2n) is 1.76. The zero-order chi connectivity index (χ0) is 6.69. The predicted molar refractivity (Wildman–Crippen MR) is 36.0 cm³/mol. The van der Waals surface area contributed by atoms with Crippen LogP contribution in [-0.4, -0.2) is 0 Å². The first-order valence-electron chi connectivity index (χ1n) is 2.63. The van der Waals surface area contributed by atoms with Gasteiger partial charge in [0.2, 0.25) is 0 Å². The van der Waals surface area contributed by atoms with Crippen molar-refractivity contribution in [1.82, 2.24) is 0 Å². The molecule has 0 spiro atoms. The number of halogens is 2. The van der Waals surface area contributed by atoms with Gasteiger partial charge in [-0.25, -0.2) is 4.39 Å². The molecular weight excluding hydrogens is 138 g/mol. The smallest absolute Gasteiger partial charge is 0.123 e. The Balaban J connectivity index is 2.94. The van der Waals surface area contributed by atoms with Gasteiger partial charge in [-0.1, -0.05) is 12.1 Å². The molecule has 0 fully saturated rings. The lowest BCUT2D eigenvalue weighted by Crippen LogP contribution is -1.77. The highest BCUT2D eigenvalue weighted by Gasteiger charge is 1.90. The topological polar surface area (TPSA) is 0 Å². The number of hydrogen-bond donors (Lipinski definition) is 0. The maximum atomic E-state index is 12.3. The third-order valence-corrected chi connectivity index (χ3v) is 1.35. The molecule has 1 rings (SSSR count). The Morgan fingerprint density at radius 1 is 1.44 bits per heavy atom. The average Bonchev–Trinajstić information content (AvgIpc) is 1.88. The van der Waals surface area contributed by atoms with Gasteiger partial charge in [0.1, 0.15) is 5.82 Å². The van der Waals surface area contributed by atoms with E-state index in [1.54, 1.807) is 12.1 Å². The van der Waals surface area contributed by atoms with Crippen LogP contribution >= 0.6 is 11.6 Å². The van der Waals surface area contributed by atoms with Gasteiger partial charge in [-0.3, -0.25) is 0 Å². The summed E-state index contributed by atoms with van der Waals surface area (Å²) in [7, 11) is 0. The quantitative estimate of drug-likeness (QED) is 0.531. The monoisotopic (exact) mass is 144 g/mol. The van der Waals surface area contributed by atoms with Crippen LogP contribution in [0.2, 0.25) is 0 Å². The molecule has 0 nitrogen and oxygen atoms in total. The highest BCUT2D eigenvalue weighted by atomic mass is 35.0. The standard InChI is InChI=1S/C7H6ClF/c8-5-6-2-1-3-7(9)4-6/h1-4H,5H2/i8+0. The van der Waals surface area contributed by atoms with Crippen LogP contribution in [0.1, 0.15) is 5.56 Å². The van der Waals surface area contributed by atoms with Gasteiger partial charge in [0.25, 0.3) is 0 Å². The molecule has 0 N–H and O–H groups in total. The zero-order valence-electron chi connectivity index (χ0n) is 4.77. The second-order valence-corrected chi connectivity index (χ2v) is 2.03. The van der Waals surface area contributed by atoms with Crippen LogP contribution in [-0.2, 0) is 5.88 Å². The third kappa shape index (κ3) is 1.68. The molecule has 0 aliphatic heterocycles. The molecule has 48 valence electrons. The Morgan fingerprint density at radius 3 is 2.67 bits per heavy atom. The van der Waals surface area contributed by atoms with Crippen LogP contribution in [0, 0.1) is 5.82 Å². The molecule has 1 aromatic carbocycles. The molecular formula is C7H6ClF. The van der Waals surface area contributed by atoms with Gasteiger partial charge >= 0.3 is 0 Å². The van der Waals surface area contributed by atoms with Crippen LogP contribution in [0.3, 0.4) is 0 Å². The molecule has 0 saturated carbocycles. The largest absolute Gasteiger partial charge is 0.207 e. The second kappa shape index (κ2) is 2.83. The van der Waals surface area contributed by atoms with E-state index in [1.165, 1.54) is 12.1 Å². The van der Waals surface area contributed by atoms with E-state index >= 15 is 0 Å². The van der Waals surface area contributed by atoms with E-state index < -0.39 is 0 Å². The molecule has 0 aliphatic carbocycles. The van der Waals surface area contributed by atoms with Crippen molar-refractivity contribution in [2.24, 2.45) is 0 Å². The van der Waals surface area contributed by atoms with E-state index in [-0.39, 0.29) is 5.82 Å². The molecule has 2 heteroatoms. The molecule has 0 heterocycles. The summed E-state index contributed by atoms with van der Waals surface area (Å²) in [5, 5.41) is 0. The molecule has 0 radical (unpaired) electrons. The summed E-state index contributed by atoms with van der Waals surface area (Å²) in [6.45, 7) is 0. The maximum Gasteiger partial charge on any atom is 0.123 e. The summed E-state index contributed by atoms with van der Waals surface area (Å²) < 4.78 is 12.3. The number of alkyl halides is 1. The number of benzene rings is 1. The normalized spacial score (nSPS) is 9.56. The molecule has 0 bridgehead atoms. The maximum absolute atomic E-state index is 12.3. The lowest BCUT2D eigenvalue weighted by molar-refractivity contribution is 0.626. The lowest BCUT2D eigenvalue weighted by atomic mass is 10.2. The minimum absolute atomic E-state index is 0.229. The highest BCUT2D eigenvalue weighted by Crippen LogP contribution is 2.05. The van der Waals surface area contributed by atoms with Gasteiger partial charge in [0.05, 0.1) is 0 Å². The zero-order valence-corrected chi connectivity index (χ0v) is 5.53. The van der Waals surface area contributed by atoms with Crippen molar-refractivity contribution in [1.29, 1.82) is 0 Å². The fraction of sp³-hybridized carbons (Fsp3) is 0.143. The van der Waals surface area contributed by atoms with Crippen molar-refractivity contribution in [3.8, 4) is 0 Å². The summed E-state index contributed by atoms with van der Waals surface area (Å²) in [5.41, 5.74) is 0.816. The molecule has 0 amide bonds. The SMILES string of the molecule is Fc1cccc(C[35Cl])c1. The molecule has 0 aromatic heterocycles. The molecule has 0 unspecified atom stereocenters. The molecule has 0 aliphatic rings. The summed E-state index contributed by atoms with van der Waals surface area (Å²) >= 11 is 5.43. The van der Waals surface area contributed by atoms with Crippen molar-refractivity contribution in [2.75, 3.05) is 0 Å². The Hall–Kier alpha value is -0.560. The fourth-order valence-corrected chi connectivity index (χ4v) is 0.786. The predicted octanol–water partition coefficient (Wildman–Crippen LogP) is 2.56. The van der Waals surface area contributed by atoms with Crippen LogP contribution in [0.15, 0.2) is 24.3 Å². The van der Waals surface area contributed by atoms with Crippen molar-refractivity contribution in [2.45, 2.75) is 5.88 Å². The fourth-order valence-electron chi connectivity index (χ4n) is 0.620. The van der Waals surface area contributed by atoms with Gasteiger partial charge in [-0.05, 0) is 17.7 Å². The summed E-state index contributed by atoms with van der Waals surface area (Å²) in [6.07, 6.45) is 0. The van der Waals surface area contributed by atoms with E-state index in [0.717, 1.165) is 5.56 Å². The third-order valence-electron chi connectivity index (χ3n) is 1.04. The van der Waals surface area contributed by atoms with Crippen LogP contribution in [0.5, 0.6) is 0 Å². The van der Waals surface area contributed by atoms with Gasteiger partial charge in [-0.15, -0.1) is 11.6 Å². The van der Waals surface area contributed by atoms with Gasteiger partial charge in [0, 0.05) is 5.88 Å². The molecule has 0 saturated heterocycles. The Labute approximate surface area is 58.3 Å². The van der Waals surface area contributed by atoms with E-state index in [1.807, 2.05) is 0 Å². The van der Waals surface area contributed by atoms with E-state index in [9.17, 15) is 4.39 Å². The number of rotatable bonds is 1. The first-order valence-corrected chi connectivity index (χ1v) is 3.17. The molecule has 1 aromatic rings. The van der Waals surface area contributed by atoms with Crippen molar-refractivity contribution in [3.63, 3.8) is 0 Å². The molecule has 9 heavy (non-hydrogen) atoms. The summed E-state index contributed by atoms with van der Waals surface area (Å²) in [4.78, 5) is 0. The minimum Gasteiger partial charge on any atom is -0.207 e. The first-order chi connectivity index (χ1) is 4.33. The van der Waals surface area contributed by atoms with Gasteiger partial charge in [-0.2, -0.15) is 0 Å². The Kier molecular flexibility index (Phi) is 2.06. The van der Waals surface area contributed by atoms with Crippen molar-refractivity contribution in [3.05, 3.63) is 35.6 Å². The minimum atomic E-state index is -0.229. The van der Waals surface area contributed by atoms with Crippen molar-refractivity contribution < 1.29 is 4.39 Å². The van der Waals surface area contributed by atoms with E-state index in [4.69, 9.17) is 11.6 Å². The van der Waals surface area contributed by atoms with Crippen LogP contribution in [0.4, 0.5) is 4.39 Å². The Bertz CT molecular complexity index is 198. The summed E-state index contributed by atoms with van der Waals surface area (Å²) in [6, 6.07) is 6.26. The van der Waals surface area contributed by atoms with Gasteiger partial charge in [0.15, 0.2) is 0 Å². The van der Waals surface area contributed by atoms with Crippen LogP contribution in [0.25, 0.3) is 0 Å². The van der Waals surface area contributed by atoms with Crippen LogP contribution < -0.4 is 0 Å². The highest BCUT2D eigenvalue weighted by molar-refractivity contribution is 6.17. The average molecular weight is 144 g/mol. The lowest BCUT2D eigenvalue weighted by Gasteiger charge is -1.91. The van der Waals surface area contributed by atoms with Crippen molar-refractivity contribution >= 4 is 11.6 Å². The number of hydrogen-bond acceptors (Lipinski definition) is 0. The Morgan fingerprint density at radius 2 is 2.22 bits per heavy atom. The van der Waals surface area contributed by atoms with E-state index in [0.29, 0.717) is 5.88 Å². The molecule has 0 atom stereocenters.